The minimum Gasteiger partial charge on any atom is -0.444 e. The van der Waals surface area contributed by atoms with Gasteiger partial charge in [0, 0.05) is 31.6 Å². The molecular weight excluding hydrogens is 386 g/mol. The molecule has 1 amide bonds. The Labute approximate surface area is 177 Å². The van der Waals surface area contributed by atoms with Crippen LogP contribution in [0.4, 0.5) is 10.6 Å². The quantitative estimate of drug-likeness (QED) is 0.746. The van der Waals surface area contributed by atoms with Crippen LogP contribution < -0.4 is 4.90 Å². The van der Waals surface area contributed by atoms with Crippen LogP contribution in [0.5, 0.6) is 0 Å². The third-order valence-corrected chi connectivity index (χ3v) is 5.99. The van der Waals surface area contributed by atoms with Gasteiger partial charge in [0.2, 0.25) is 0 Å². The second-order valence-electron chi connectivity index (χ2n) is 8.89. The first-order valence-corrected chi connectivity index (χ1v) is 10.4. The molecule has 1 aromatic heterocycles. The molecule has 7 nitrogen and oxygen atoms in total. The molecule has 3 rings (SSSR count). The number of carbonyl (C=O) groups excluding carboxylic acids is 1. The van der Waals surface area contributed by atoms with Crippen LogP contribution in [0.3, 0.4) is 0 Å². The first kappa shape index (κ1) is 21.3. The molecule has 0 bridgehead atoms. The number of nitrogens with zero attached hydrogens (tertiary/aromatic N) is 5. The van der Waals surface area contributed by atoms with Crippen LogP contribution in [0.15, 0.2) is 5.03 Å². The predicted octanol–water partition coefficient (Wildman–Crippen LogP) is 3.51. The Balaban J connectivity index is 1.70. The number of hydrogen-bond acceptors (Lipinski definition) is 7. The molecule has 1 spiro atoms. The summed E-state index contributed by atoms with van der Waals surface area (Å²) < 4.78 is 5.45. The normalized spacial score (nSPS) is 18.0. The zero-order valence-corrected chi connectivity index (χ0v) is 18.3. The SMILES string of the molecule is CCc1c(C#N)c(S)nc(N2CCC3(CC2)CN(C(=O)OC(C)(C)C)C3)c1C#N. The van der Waals surface area contributed by atoms with Gasteiger partial charge in [-0.3, -0.25) is 0 Å². The number of ether oxygens (including phenoxy) is 1. The van der Waals surface area contributed by atoms with E-state index in [1.54, 1.807) is 4.90 Å². The molecule has 2 saturated heterocycles. The second-order valence-corrected chi connectivity index (χ2v) is 9.31. The van der Waals surface area contributed by atoms with Gasteiger partial charge in [-0.15, -0.1) is 12.6 Å². The van der Waals surface area contributed by atoms with Crippen LogP contribution in [-0.2, 0) is 11.2 Å². The fourth-order valence-electron chi connectivity index (χ4n) is 4.15. The summed E-state index contributed by atoms with van der Waals surface area (Å²) in [4.78, 5) is 20.6. The van der Waals surface area contributed by atoms with E-state index in [4.69, 9.17) is 4.74 Å². The van der Waals surface area contributed by atoms with Crippen LogP contribution in [-0.4, -0.2) is 47.8 Å². The molecule has 0 aromatic carbocycles. The molecule has 154 valence electrons. The highest BCUT2D eigenvalue weighted by atomic mass is 32.1. The number of piperidine rings is 1. The van der Waals surface area contributed by atoms with Gasteiger partial charge in [0.05, 0.1) is 11.1 Å². The summed E-state index contributed by atoms with van der Waals surface area (Å²) in [6, 6.07) is 4.37. The third-order valence-electron chi connectivity index (χ3n) is 5.67. The number of hydrogen-bond donors (Lipinski definition) is 1. The smallest absolute Gasteiger partial charge is 0.410 e. The monoisotopic (exact) mass is 413 g/mol. The lowest BCUT2D eigenvalue weighted by Gasteiger charge is -2.53. The van der Waals surface area contributed by atoms with Gasteiger partial charge in [-0.1, -0.05) is 6.92 Å². The molecule has 29 heavy (non-hydrogen) atoms. The third kappa shape index (κ3) is 4.13. The van der Waals surface area contributed by atoms with Crippen LogP contribution in [0.25, 0.3) is 0 Å². The number of thiol groups is 1. The van der Waals surface area contributed by atoms with E-state index >= 15 is 0 Å². The van der Waals surface area contributed by atoms with E-state index in [1.807, 2.05) is 27.7 Å². The van der Waals surface area contributed by atoms with Gasteiger partial charge in [-0.05, 0) is 45.6 Å². The van der Waals surface area contributed by atoms with Gasteiger partial charge >= 0.3 is 6.09 Å². The second kappa shape index (κ2) is 7.76. The van der Waals surface area contributed by atoms with E-state index in [9.17, 15) is 15.3 Å². The van der Waals surface area contributed by atoms with Crippen molar-refractivity contribution in [1.29, 1.82) is 10.5 Å². The number of rotatable bonds is 2. The lowest BCUT2D eigenvalue weighted by atomic mass is 9.72. The average molecular weight is 414 g/mol. The highest BCUT2D eigenvalue weighted by molar-refractivity contribution is 7.80. The highest BCUT2D eigenvalue weighted by Gasteiger charge is 2.48. The molecule has 0 aliphatic carbocycles. The van der Waals surface area contributed by atoms with E-state index in [2.05, 4.69) is 34.7 Å². The Hall–Kier alpha value is -2.45. The highest BCUT2D eigenvalue weighted by Crippen LogP contribution is 2.42. The molecule has 1 aromatic rings. The number of nitriles is 2. The van der Waals surface area contributed by atoms with Crippen molar-refractivity contribution in [1.82, 2.24) is 9.88 Å². The van der Waals surface area contributed by atoms with Crippen molar-refractivity contribution in [3.63, 3.8) is 0 Å². The topological polar surface area (TPSA) is 93.2 Å². The molecule has 0 atom stereocenters. The molecule has 8 heteroatoms. The molecule has 0 radical (unpaired) electrons. The molecule has 2 aliphatic heterocycles. The van der Waals surface area contributed by atoms with Gasteiger partial charge in [-0.2, -0.15) is 10.5 Å². The summed E-state index contributed by atoms with van der Waals surface area (Å²) in [5.74, 6) is 0.617. The first-order chi connectivity index (χ1) is 13.6. The van der Waals surface area contributed by atoms with E-state index in [0.29, 0.717) is 47.0 Å². The van der Waals surface area contributed by atoms with Crippen molar-refractivity contribution in [2.24, 2.45) is 5.41 Å². The summed E-state index contributed by atoms with van der Waals surface area (Å²) in [5.41, 5.74) is 1.20. The largest absolute Gasteiger partial charge is 0.444 e. The van der Waals surface area contributed by atoms with Gasteiger partial charge in [0.15, 0.2) is 0 Å². The molecule has 0 saturated carbocycles. The minimum atomic E-state index is -0.486. The Kier molecular flexibility index (Phi) is 5.69. The van der Waals surface area contributed by atoms with Crippen molar-refractivity contribution < 1.29 is 9.53 Å². The number of amides is 1. The van der Waals surface area contributed by atoms with Gasteiger partial charge in [-0.25, -0.2) is 9.78 Å². The van der Waals surface area contributed by atoms with Crippen LogP contribution >= 0.6 is 12.6 Å². The van der Waals surface area contributed by atoms with Crippen molar-refractivity contribution in [3.05, 3.63) is 16.7 Å². The molecule has 2 fully saturated rings. The lowest BCUT2D eigenvalue weighted by molar-refractivity contribution is -0.0434. The molecule has 0 unspecified atom stereocenters. The Morgan fingerprint density at radius 1 is 1.21 bits per heavy atom. The van der Waals surface area contributed by atoms with E-state index in [0.717, 1.165) is 25.9 Å². The maximum absolute atomic E-state index is 12.2. The minimum absolute atomic E-state index is 0.115. The van der Waals surface area contributed by atoms with Crippen LogP contribution in [0.2, 0.25) is 0 Å². The number of likely N-dealkylation sites (tertiary alicyclic amines) is 1. The summed E-state index contributed by atoms with van der Waals surface area (Å²) in [6.45, 7) is 10.5. The van der Waals surface area contributed by atoms with Gasteiger partial charge in [0.1, 0.15) is 28.6 Å². The fourth-order valence-corrected chi connectivity index (χ4v) is 4.43. The van der Waals surface area contributed by atoms with Gasteiger partial charge < -0.3 is 14.5 Å². The van der Waals surface area contributed by atoms with Crippen molar-refractivity contribution in [2.75, 3.05) is 31.1 Å². The summed E-state index contributed by atoms with van der Waals surface area (Å²) in [6.07, 6.45) is 2.17. The first-order valence-electron chi connectivity index (χ1n) is 9.92. The van der Waals surface area contributed by atoms with E-state index < -0.39 is 5.60 Å². The Bertz CT molecular complexity index is 894. The number of pyridine rings is 1. The lowest BCUT2D eigenvalue weighted by Crippen LogP contribution is -2.62. The fraction of sp³-hybridized carbons (Fsp3) is 0.619. The van der Waals surface area contributed by atoms with E-state index in [1.165, 1.54) is 0 Å². The number of anilines is 1. The average Bonchev–Trinajstić information content (AvgIpc) is 2.63. The number of aromatic nitrogens is 1. The van der Waals surface area contributed by atoms with Gasteiger partial charge in [0.25, 0.3) is 0 Å². The maximum atomic E-state index is 12.2. The maximum Gasteiger partial charge on any atom is 0.410 e. The van der Waals surface area contributed by atoms with Crippen molar-refractivity contribution in [2.45, 2.75) is 57.6 Å². The zero-order valence-electron chi connectivity index (χ0n) is 17.4. The molecule has 3 heterocycles. The summed E-state index contributed by atoms with van der Waals surface area (Å²) in [7, 11) is 0. The predicted molar refractivity (Wildman–Crippen MR) is 112 cm³/mol. The standard InChI is InChI=1S/C21H27N5O2S/c1-5-14-15(10-22)17(24-18(29)16(14)11-23)25-8-6-21(7-9-25)12-26(13-21)19(27)28-20(2,3)4/h5-9,12-13H2,1-4H3,(H,24,29). The Morgan fingerprint density at radius 2 is 1.79 bits per heavy atom. The zero-order chi connectivity index (χ0) is 21.4. The Morgan fingerprint density at radius 3 is 2.28 bits per heavy atom. The number of carbonyl (C=O) groups is 1. The van der Waals surface area contributed by atoms with E-state index in [-0.39, 0.29) is 11.5 Å². The summed E-state index contributed by atoms with van der Waals surface area (Å²) >= 11 is 4.38. The summed E-state index contributed by atoms with van der Waals surface area (Å²) in [5, 5.41) is 19.5. The molecular formula is C21H27N5O2S. The van der Waals surface area contributed by atoms with Crippen LogP contribution in [0.1, 0.15) is 57.2 Å². The molecule has 0 N–H and O–H groups in total. The van der Waals surface area contributed by atoms with Crippen molar-refractivity contribution in [3.8, 4) is 12.1 Å². The molecule has 2 aliphatic rings. The van der Waals surface area contributed by atoms with Crippen molar-refractivity contribution >= 4 is 24.5 Å². The van der Waals surface area contributed by atoms with Crippen LogP contribution in [0, 0.1) is 28.1 Å².